The van der Waals surface area contributed by atoms with E-state index in [1.807, 2.05) is 22.7 Å². The molecule has 3 aromatic rings. The minimum absolute atomic E-state index is 0. The van der Waals surface area contributed by atoms with Crippen LogP contribution in [0, 0.1) is 0 Å². The zero-order valence-corrected chi connectivity index (χ0v) is 19.7. The topological polar surface area (TPSA) is 54.7 Å². The van der Waals surface area contributed by atoms with Crippen molar-refractivity contribution in [2.75, 3.05) is 14.1 Å². The SMILES string of the molecule is CN=C(NCc1ccc(Cn2ccnc2)cc1)N(C)Cc1ccc(OC(F)F)cc1.I. The van der Waals surface area contributed by atoms with Crippen LogP contribution in [0.25, 0.3) is 0 Å². The van der Waals surface area contributed by atoms with Gasteiger partial charge < -0.3 is 19.5 Å². The molecule has 31 heavy (non-hydrogen) atoms. The van der Waals surface area contributed by atoms with Crippen molar-refractivity contribution in [1.29, 1.82) is 0 Å². The lowest BCUT2D eigenvalue weighted by Crippen LogP contribution is -2.38. The standard InChI is InChI=1S/C22H25F2N5O.HI/c1-25-22(28(2)14-18-7-9-20(10-8-18)30-21(23)24)27-13-17-3-5-19(6-4-17)15-29-12-11-26-16-29;/h3-12,16,21H,13-15H2,1-2H3,(H,25,27);1H. The van der Waals surface area contributed by atoms with Crippen molar-refractivity contribution < 1.29 is 13.5 Å². The largest absolute Gasteiger partial charge is 0.435 e. The van der Waals surface area contributed by atoms with Gasteiger partial charge in [0.25, 0.3) is 0 Å². The molecule has 0 atom stereocenters. The number of benzene rings is 2. The predicted octanol–water partition coefficient (Wildman–Crippen LogP) is 4.36. The molecule has 9 heteroatoms. The lowest BCUT2D eigenvalue weighted by Gasteiger charge is -2.22. The van der Waals surface area contributed by atoms with Crippen LogP contribution < -0.4 is 10.1 Å². The van der Waals surface area contributed by atoms with Gasteiger partial charge in [-0.25, -0.2) is 4.98 Å². The second-order valence-corrected chi connectivity index (χ2v) is 6.83. The summed E-state index contributed by atoms with van der Waals surface area (Å²) >= 11 is 0. The van der Waals surface area contributed by atoms with Gasteiger partial charge in [-0.3, -0.25) is 4.99 Å². The number of halogens is 3. The van der Waals surface area contributed by atoms with Gasteiger partial charge in [-0.2, -0.15) is 8.78 Å². The van der Waals surface area contributed by atoms with Crippen LogP contribution in [-0.2, 0) is 19.6 Å². The van der Waals surface area contributed by atoms with Crippen molar-refractivity contribution >= 4 is 29.9 Å². The Morgan fingerprint density at radius 2 is 1.74 bits per heavy atom. The van der Waals surface area contributed by atoms with Crippen molar-refractivity contribution in [1.82, 2.24) is 19.8 Å². The second-order valence-electron chi connectivity index (χ2n) is 6.83. The van der Waals surface area contributed by atoms with E-state index in [4.69, 9.17) is 0 Å². The van der Waals surface area contributed by atoms with E-state index in [1.165, 1.54) is 17.7 Å². The maximum absolute atomic E-state index is 12.3. The molecule has 0 spiro atoms. The van der Waals surface area contributed by atoms with Gasteiger partial charge in [0.15, 0.2) is 5.96 Å². The van der Waals surface area contributed by atoms with Crippen molar-refractivity contribution in [3.8, 4) is 5.75 Å². The van der Waals surface area contributed by atoms with Gasteiger partial charge >= 0.3 is 6.61 Å². The number of nitrogens with one attached hydrogen (secondary N) is 1. The molecule has 166 valence electrons. The number of hydrogen-bond donors (Lipinski definition) is 1. The molecule has 0 bridgehead atoms. The van der Waals surface area contributed by atoms with Gasteiger partial charge in [-0.05, 0) is 28.8 Å². The number of guanidine groups is 1. The number of rotatable bonds is 8. The minimum Gasteiger partial charge on any atom is -0.435 e. The van der Waals surface area contributed by atoms with E-state index in [2.05, 4.69) is 44.3 Å². The fraction of sp³-hybridized carbons (Fsp3) is 0.273. The molecule has 1 N–H and O–H groups in total. The molecular formula is C22H26F2IN5O. The molecule has 0 saturated heterocycles. The summed E-state index contributed by atoms with van der Waals surface area (Å²) in [5.74, 6) is 0.890. The lowest BCUT2D eigenvalue weighted by molar-refractivity contribution is -0.0498. The summed E-state index contributed by atoms with van der Waals surface area (Å²) in [6.45, 7) is -0.803. The van der Waals surface area contributed by atoms with E-state index in [1.54, 1.807) is 31.7 Å². The number of aliphatic imine (C=N–C) groups is 1. The zero-order chi connectivity index (χ0) is 21.3. The molecule has 0 amide bonds. The normalized spacial score (nSPS) is 11.2. The molecule has 0 aliphatic heterocycles. The van der Waals surface area contributed by atoms with Crippen LogP contribution in [0.4, 0.5) is 8.78 Å². The Morgan fingerprint density at radius 1 is 1.10 bits per heavy atom. The monoisotopic (exact) mass is 541 g/mol. The second kappa shape index (κ2) is 12.2. The van der Waals surface area contributed by atoms with Gasteiger partial charge in [-0.1, -0.05) is 36.4 Å². The number of aromatic nitrogens is 2. The average molecular weight is 541 g/mol. The summed E-state index contributed by atoms with van der Waals surface area (Å²) in [6, 6.07) is 15.0. The Bertz CT molecular complexity index is 932. The Morgan fingerprint density at radius 3 is 2.32 bits per heavy atom. The van der Waals surface area contributed by atoms with Crippen LogP contribution >= 0.6 is 24.0 Å². The summed E-state index contributed by atoms with van der Waals surface area (Å²) in [5, 5.41) is 3.35. The predicted molar refractivity (Wildman–Crippen MR) is 128 cm³/mol. The average Bonchev–Trinajstić information content (AvgIpc) is 3.24. The van der Waals surface area contributed by atoms with E-state index in [9.17, 15) is 8.78 Å². The summed E-state index contributed by atoms with van der Waals surface area (Å²) in [5.41, 5.74) is 3.32. The first-order valence-corrected chi connectivity index (χ1v) is 9.52. The van der Waals surface area contributed by atoms with Crippen molar-refractivity contribution in [2.24, 2.45) is 4.99 Å². The van der Waals surface area contributed by atoms with E-state index >= 15 is 0 Å². The van der Waals surface area contributed by atoms with Crippen LogP contribution in [0.2, 0.25) is 0 Å². The molecule has 3 rings (SSSR count). The third-order valence-corrected chi connectivity index (χ3v) is 4.54. The molecular weight excluding hydrogens is 515 g/mol. The van der Waals surface area contributed by atoms with Crippen LogP contribution in [0.5, 0.6) is 5.75 Å². The summed E-state index contributed by atoms with van der Waals surface area (Å²) in [6.07, 6.45) is 5.51. The van der Waals surface area contributed by atoms with E-state index in [0.717, 1.165) is 23.6 Å². The van der Waals surface area contributed by atoms with Gasteiger partial charge in [0.2, 0.25) is 0 Å². The van der Waals surface area contributed by atoms with E-state index in [-0.39, 0.29) is 29.7 Å². The van der Waals surface area contributed by atoms with Crippen LogP contribution in [0.3, 0.4) is 0 Å². The number of hydrogen-bond acceptors (Lipinski definition) is 3. The Labute approximate surface area is 198 Å². The first kappa shape index (κ1) is 24.6. The van der Waals surface area contributed by atoms with E-state index < -0.39 is 6.61 Å². The summed E-state index contributed by atoms with van der Waals surface area (Å²) in [7, 11) is 3.65. The molecule has 0 aliphatic carbocycles. The van der Waals surface area contributed by atoms with Gasteiger partial charge in [0.1, 0.15) is 5.75 Å². The lowest BCUT2D eigenvalue weighted by atomic mass is 10.1. The highest BCUT2D eigenvalue weighted by Gasteiger charge is 2.08. The highest BCUT2D eigenvalue weighted by atomic mass is 127. The Balaban J connectivity index is 0.00000341. The van der Waals surface area contributed by atoms with Crippen molar-refractivity contribution in [2.45, 2.75) is 26.2 Å². The van der Waals surface area contributed by atoms with Crippen molar-refractivity contribution in [3.63, 3.8) is 0 Å². The molecule has 0 fully saturated rings. The fourth-order valence-electron chi connectivity index (χ4n) is 3.04. The third kappa shape index (κ3) is 7.82. The smallest absolute Gasteiger partial charge is 0.387 e. The first-order chi connectivity index (χ1) is 14.5. The number of nitrogens with zero attached hydrogens (tertiary/aromatic N) is 4. The van der Waals surface area contributed by atoms with Crippen LogP contribution in [0.1, 0.15) is 16.7 Å². The number of imidazole rings is 1. The molecule has 1 heterocycles. The molecule has 1 aromatic heterocycles. The highest BCUT2D eigenvalue weighted by Crippen LogP contribution is 2.16. The molecule has 0 radical (unpaired) electrons. The van der Waals surface area contributed by atoms with E-state index in [0.29, 0.717) is 13.1 Å². The summed E-state index contributed by atoms with van der Waals surface area (Å²) < 4.78 is 30.9. The number of alkyl halides is 2. The maximum Gasteiger partial charge on any atom is 0.387 e. The molecule has 0 unspecified atom stereocenters. The fourth-order valence-corrected chi connectivity index (χ4v) is 3.04. The zero-order valence-electron chi connectivity index (χ0n) is 17.4. The van der Waals surface area contributed by atoms with Gasteiger partial charge in [-0.15, -0.1) is 24.0 Å². The first-order valence-electron chi connectivity index (χ1n) is 9.52. The van der Waals surface area contributed by atoms with Crippen molar-refractivity contribution in [3.05, 3.63) is 83.9 Å². The van der Waals surface area contributed by atoms with Crippen LogP contribution in [0.15, 0.2) is 72.2 Å². The minimum atomic E-state index is -2.82. The molecule has 2 aromatic carbocycles. The number of ether oxygens (including phenoxy) is 1. The van der Waals surface area contributed by atoms with Gasteiger partial charge in [0, 0.05) is 46.1 Å². The van der Waals surface area contributed by atoms with Crippen LogP contribution in [-0.4, -0.2) is 41.1 Å². The highest BCUT2D eigenvalue weighted by molar-refractivity contribution is 14.0. The van der Waals surface area contributed by atoms with Gasteiger partial charge in [0.05, 0.1) is 6.33 Å². The summed E-state index contributed by atoms with van der Waals surface area (Å²) in [4.78, 5) is 10.3. The third-order valence-electron chi connectivity index (χ3n) is 4.54. The Kier molecular flexibility index (Phi) is 9.70. The maximum atomic E-state index is 12.3. The molecule has 0 saturated carbocycles. The molecule has 6 nitrogen and oxygen atoms in total. The Hall–Kier alpha value is -2.69. The molecule has 0 aliphatic rings. The quantitative estimate of drug-likeness (QED) is 0.262.